The van der Waals surface area contributed by atoms with Crippen LogP contribution in [0.1, 0.15) is 47.3 Å². The molecular weight excluding hydrogens is 394 g/mol. The molecular formula is C23H29N5O3. The molecule has 4 heterocycles. The molecule has 2 N–H and O–H groups in total. The number of nitrogens with zero attached hydrogens (tertiary/aromatic N) is 3. The number of piperidine rings is 1. The lowest BCUT2D eigenvalue weighted by Crippen LogP contribution is -2.52. The highest BCUT2D eigenvalue weighted by molar-refractivity contribution is 5.93. The number of carbonyl (C=O) groups is 2. The minimum Gasteiger partial charge on any atom is -0.352 e. The van der Waals surface area contributed by atoms with E-state index in [-0.39, 0.29) is 34.9 Å². The third kappa shape index (κ3) is 4.62. The number of carbonyl (C=O) groups excluding carboxylic acids is 2. The first kappa shape index (κ1) is 21.1. The van der Waals surface area contributed by atoms with Crippen molar-refractivity contribution in [2.45, 2.75) is 38.6 Å². The predicted octanol–water partition coefficient (Wildman–Crippen LogP) is 1.75. The number of likely N-dealkylation sites (tertiary alicyclic amines) is 1. The van der Waals surface area contributed by atoms with Gasteiger partial charge in [0.25, 0.3) is 11.5 Å². The quantitative estimate of drug-likeness (QED) is 0.692. The van der Waals surface area contributed by atoms with E-state index in [1.54, 1.807) is 16.8 Å². The van der Waals surface area contributed by atoms with Crippen molar-refractivity contribution in [3.8, 4) is 0 Å². The van der Waals surface area contributed by atoms with Crippen molar-refractivity contribution in [1.29, 1.82) is 0 Å². The van der Waals surface area contributed by atoms with Gasteiger partial charge >= 0.3 is 6.03 Å². The van der Waals surface area contributed by atoms with Gasteiger partial charge in [-0.3, -0.25) is 14.6 Å². The molecule has 0 aromatic carbocycles. The Kier molecular flexibility index (Phi) is 6.34. The monoisotopic (exact) mass is 423 g/mol. The smallest absolute Gasteiger partial charge is 0.317 e. The lowest BCUT2D eigenvalue weighted by Gasteiger charge is -2.42. The van der Waals surface area contributed by atoms with Gasteiger partial charge < -0.3 is 20.1 Å². The summed E-state index contributed by atoms with van der Waals surface area (Å²) in [6.07, 6.45) is 6.13. The Bertz CT molecular complexity index is 1000. The van der Waals surface area contributed by atoms with Crippen LogP contribution in [-0.2, 0) is 13.0 Å². The second-order valence-electron chi connectivity index (χ2n) is 8.35. The summed E-state index contributed by atoms with van der Waals surface area (Å²) in [5.41, 5.74) is 2.00. The zero-order valence-corrected chi connectivity index (χ0v) is 17.8. The second-order valence-corrected chi connectivity index (χ2v) is 8.35. The molecule has 31 heavy (non-hydrogen) atoms. The molecule has 1 fully saturated rings. The summed E-state index contributed by atoms with van der Waals surface area (Å²) in [5, 5.41) is 5.73. The average molecular weight is 424 g/mol. The Morgan fingerprint density at radius 1 is 1.16 bits per heavy atom. The van der Waals surface area contributed by atoms with Gasteiger partial charge in [-0.15, -0.1) is 0 Å². The molecule has 4 rings (SSSR count). The molecule has 8 heteroatoms. The van der Waals surface area contributed by atoms with Gasteiger partial charge in [0.15, 0.2) is 0 Å². The molecule has 8 nitrogen and oxygen atoms in total. The Morgan fingerprint density at radius 2 is 2.03 bits per heavy atom. The Labute approximate surface area is 181 Å². The van der Waals surface area contributed by atoms with Crippen LogP contribution in [0.3, 0.4) is 0 Å². The normalized spacial score (nSPS) is 19.5. The topological polar surface area (TPSA) is 96.3 Å². The molecule has 0 aliphatic carbocycles. The van der Waals surface area contributed by atoms with Gasteiger partial charge in [-0.25, -0.2) is 4.79 Å². The summed E-state index contributed by atoms with van der Waals surface area (Å²) in [4.78, 5) is 43.9. The lowest BCUT2D eigenvalue weighted by atomic mass is 9.83. The number of urea groups is 1. The van der Waals surface area contributed by atoms with Crippen LogP contribution in [0.4, 0.5) is 4.79 Å². The summed E-state index contributed by atoms with van der Waals surface area (Å²) >= 11 is 0. The number of hydrogen-bond donors (Lipinski definition) is 2. The van der Waals surface area contributed by atoms with Crippen molar-refractivity contribution in [2.75, 3.05) is 26.2 Å². The van der Waals surface area contributed by atoms with Crippen molar-refractivity contribution in [2.24, 2.45) is 5.92 Å². The molecule has 2 aliphatic heterocycles. The molecule has 164 valence electrons. The first-order valence-corrected chi connectivity index (χ1v) is 11.0. The number of nitrogens with one attached hydrogen (secondary N) is 2. The average Bonchev–Trinajstić information content (AvgIpc) is 2.78. The highest BCUT2D eigenvalue weighted by atomic mass is 16.2. The van der Waals surface area contributed by atoms with Crippen LogP contribution >= 0.6 is 0 Å². The number of pyridine rings is 2. The number of amides is 3. The fourth-order valence-electron chi connectivity index (χ4n) is 4.68. The number of rotatable bonds is 6. The van der Waals surface area contributed by atoms with Gasteiger partial charge in [-0.2, -0.15) is 0 Å². The minimum absolute atomic E-state index is 0.0460. The molecule has 0 saturated carbocycles. The summed E-state index contributed by atoms with van der Waals surface area (Å²) < 4.78 is 1.75. The summed E-state index contributed by atoms with van der Waals surface area (Å²) in [7, 11) is 0. The Morgan fingerprint density at radius 3 is 2.81 bits per heavy atom. The van der Waals surface area contributed by atoms with Crippen LogP contribution in [0.5, 0.6) is 0 Å². The maximum Gasteiger partial charge on any atom is 0.317 e. The number of fused-ring (bicyclic) bond motifs is 4. The summed E-state index contributed by atoms with van der Waals surface area (Å²) in [6.45, 7) is 4.79. The van der Waals surface area contributed by atoms with Gasteiger partial charge in [-0.05, 0) is 55.9 Å². The fourth-order valence-corrected chi connectivity index (χ4v) is 4.68. The number of aryl methyl sites for hydroxylation is 1. The number of hydrogen-bond acceptors (Lipinski definition) is 4. The van der Waals surface area contributed by atoms with E-state index >= 15 is 0 Å². The molecule has 2 aliphatic rings. The molecule has 0 radical (unpaired) electrons. The highest BCUT2D eigenvalue weighted by Gasteiger charge is 2.36. The third-order valence-electron chi connectivity index (χ3n) is 6.11. The second kappa shape index (κ2) is 9.32. The SMILES string of the molecule is CCNC(=O)N1C[C@@H]2C[C@H](C1)c1ccc(C(=O)NCCCc3cccnc3)c(=O)n1C2. The Balaban J connectivity index is 1.41. The zero-order valence-electron chi connectivity index (χ0n) is 17.8. The van der Waals surface area contributed by atoms with E-state index in [9.17, 15) is 14.4 Å². The summed E-state index contributed by atoms with van der Waals surface area (Å²) in [5.74, 6) is 0.0231. The molecule has 0 unspecified atom stereocenters. The molecule has 2 aromatic heterocycles. The standard InChI is InChI=1S/C23H29N5O3/c1-2-25-23(31)27-13-17-11-18(15-27)20-8-7-19(22(30)28(20)14-17)21(29)26-10-4-6-16-5-3-9-24-12-16/h3,5,7-9,12,17-18H,2,4,6,10-11,13-15H2,1H3,(H,25,31)(H,26,29)/t17-,18+/m0/s1. The lowest BCUT2D eigenvalue weighted by molar-refractivity contribution is 0.0949. The zero-order chi connectivity index (χ0) is 21.8. The maximum absolute atomic E-state index is 13.1. The molecule has 2 atom stereocenters. The van der Waals surface area contributed by atoms with Crippen LogP contribution in [0.15, 0.2) is 41.5 Å². The van der Waals surface area contributed by atoms with Crippen molar-refractivity contribution >= 4 is 11.9 Å². The largest absolute Gasteiger partial charge is 0.352 e. The minimum atomic E-state index is -0.328. The third-order valence-corrected chi connectivity index (χ3v) is 6.11. The summed E-state index contributed by atoms with van der Waals surface area (Å²) in [6, 6.07) is 7.38. The van der Waals surface area contributed by atoms with E-state index < -0.39 is 0 Å². The predicted molar refractivity (Wildman–Crippen MR) is 117 cm³/mol. The van der Waals surface area contributed by atoms with Gasteiger partial charge in [-0.1, -0.05) is 6.07 Å². The molecule has 2 bridgehead atoms. The van der Waals surface area contributed by atoms with E-state index in [2.05, 4.69) is 15.6 Å². The first-order chi connectivity index (χ1) is 15.1. The first-order valence-electron chi connectivity index (χ1n) is 11.0. The van der Waals surface area contributed by atoms with E-state index in [1.165, 1.54) is 0 Å². The van der Waals surface area contributed by atoms with Crippen LogP contribution < -0.4 is 16.2 Å². The van der Waals surface area contributed by atoms with Crippen molar-refractivity contribution in [1.82, 2.24) is 25.1 Å². The highest BCUT2D eigenvalue weighted by Crippen LogP contribution is 2.35. The van der Waals surface area contributed by atoms with Gasteiger partial charge in [0.2, 0.25) is 0 Å². The molecule has 0 spiro atoms. The van der Waals surface area contributed by atoms with E-state index in [4.69, 9.17) is 0 Å². The van der Waals surface area contributed by atoms with Crippen molar-refractivity contribution < 1.29 is 9.59 Å². The van der Waals surface area contributed by atoms with Crippen molar-refractivity contribution in [3.05, 3.63) is 63.8 Å². The van der Waals surface area contributed by atoms with E-state index in [1.807, 2.05) is 36.2 Å². The van der Waals surface area contributed by atoms with Gasteiger partial charge in [0, 0.05) is 56.7 Å². The fraction of sp³-hybridized carbons (Fsp3) is 0.478. The maximum atomic E-state index is 13.1. The molecule has 1 saturated heterocycles. The van der Waals surface area contributed by atoms with Crippen LogP contribution in [0.2, 0.25) is 0 Å². The van der Waals surface area contributed by atoms with Crippen molar-refractivity contribution in [3.63, 3.8) is 0 Å². The number of aromatic nitrogens is 2. The van der Waals surface area contributed by atoms with E-state index in [0.29, 0.717) is 32.7 Å². The Hall–Kier alpha value is -3.16. The molecule has 3 amide bonds. The van der Waals surface area contributed by atoms with Gasteiger partial charge in [0.05, 0.1) is 0 Å². The van der Waals surface area contributed by atoms with E-state index in [0.717, 1.165) is 30.5 Å². The van der Waals surface area contributed by atoms with Gasteiger partial charge in [0.1, 0.15) is 5.56 Å². The van der Waals surface area contributed by atoms with Crippen LogP contribution in [-0.4, -0.2) is 52.6 Å². The van der Waals surface area contributed by atoms with Crippen LogP contribution in [0.25, 0.3) is 0 Å². The molecule has 2 aromatic rings. The van der Waals surface area contributed by atoms with Crippen LogP contribution in [0, 0.1) is 5.92 Å².